The zero-order chi connectivity index (χ0) is 14.7. The molecule has 2 rings (SSSR count). The maximum atomic E-state index is 5.85. The van der Waals surface area contributed by atoms with E-state index < -0.39 is 0 Å². The number of hydrogen-bond donors (Lipinski definition) is 1. The third kappa shape index (κ3) is 2.78. The van der Waals surface area contributed by atoms with Crippen LogP contribution in [0.3, 0.4) is 0 Å². The first-order chi connectivity index (χ1) is 9.56. The van der Waals surface area contributed by atoms with Gasteiger partial charge in [-0.25, -0.2) is 0 Å². The Balaban J connectivity index is 2.57. The van der Waals surface area contributed by atoms with Crippen molar-refractivity contribution < 1.29 is 4.74 Å². The monoisotopic (exact) mass is 350 g/mol. The van der Waals surface area contributed by atoms with Gasteiger partial charge in [0.2, 0.25) is 0 Å². The molecule has 0 aliphatic carbocycles. The number of anilines is 2. The number of nitrogens with zero attached hydrogens (tertiary/aromatic N) is 1. The van der Waals surface area contributed by atoms with Gasteiger partial charge in [-0.05, 0) is 40.2 Å². The fourth-order valence-electron chi connectivity index (χ4n) is 2.07. The molecule has 0 unspecified atom stereocenters. The standard InChI is InChI=1S/C15H15BrN2OS/c1-18(11-7-3-4-9-13(11)19-2)12-8-5-6-10(16)14(12)15(17)20/h3-9H,1-2H3,(H2,17,20). The van der Waals surface area contributed by atoms with Gasteiger partial charge in [-0.3, -0.25) is 0 Å². The maximum absolute atomic E-state index is 5.85. The van der Waals surface area contributed by atoms with Gasteiger partial charge in [-0.2, -0.15) is 0 Å². The number of para-hydroxylation sites is 2. The van der Waals surface area contributed by atoms with Gasteiger partial charge >= 0.3 is 0 Å². The average Bonchev–Trinajstić information content (AvgIpc) is 2.45. The Hall–Kier alpha value is -1.59. The number of rotatable bonds is 4. The first kappa shape index (κ1) is 14.8. The summed E-state index contributed by atoms with van der Waals surface area (Å²) >= 11 is 8.66. The Morgan fingerprint density at radius 1 is 1.15 bits per heavy atom. The molecule has 0 heterocycles. The number of halogens is 1. The van der Waals surface area contributed by atoms with Gasteiger partial charge in [0.05, 0.1) is 18.5 Å². The smallest absolute Gasteiger partial charge is 0.142 e. The van der Waals surface area contributed by atoms with Crippen LogP contribution in [-0.4, -0.2) is 19.1 Å². The van der Waals surface area contributed by atoms with E-state index in [9.17, 15) is 0 Å². The third-order valence-electron chi connectivity index (χ3n) is 3.05. The van der Waals surface area contributed by atoms with Crippen molar-refractivity contribution in [2.24, 2.45) is 5.73 Å². The Morgan fingerprint density at radius 2 is 1.80 bits per heavy atom. The number of ether oxygens (including phenoxy) is 1. The minimum absolute atomic E-state index is 0.356. The van der Waals surface area contributed by atoms with Crippen LogP contribution < -0.4 is 15.4 Å². The molecule has 2 N–H and O–H groups in total. The van der Waals surface area contributed by atoms with Gasteiger partial charge < -0.3 is 15.4 Å². The molecule has 5 heteroatoms. The highest BCUT2D eigenvalue weighted by molar-refractivity contribution is 9.10. The van der Waals surface area contributed by atoms with Gasteiger partial charge in [0, 0.05) is 17.1 Å². The van der Waals surface area contributed by atoms with Crippen molar-refractivity contribution in [3.63, 3.8) is 0 Å². The summed E-state index contributed by atoms with van der Waals surface area (Å²) in [6.07, 6.45) is 0. The van der Waals surface area contributed by atoms with Crippen molar-refractivity contribution in [1.82, 2.24) is 0 Å². The lowest BCUT2D eigenvalue weighted by Crippen LogP contribution is -2.18. The van der Waals surface area contributed by atoms with E-state index in [1.165, 1.54) is 0 Å². The fourth-order valence-corrected chi connectivity index (χ4v) is 2.99. The molecule has 0 saturated heterocycles. The van der Waals surface area contributed by atoms with Crippen molar-refractivity contribution in [1.29, 1.82) is 0 Å². The lowest BCUT2D eigenvalue weighted by molar-refractivity contribution is 0.415. The molecule has 2 aromatic carbocycles. The highest BCUT2D eigenvalue weighted by atomic mass is 79.9. The molecule has 0 fully saturated rings. The minimum Gasteiger partial charge on any atom is -0.495 e. The lowest BCUT2D eigenvalue weighted by atomic mass is 10.1. The van der Waals surface area contributed by atoms with Gasteiger partial charge in [0.15, 0.2) is 0 Å². The molecular weight excluding hydrogens is 336 g/mol. The van der Waals surface area contributed by atoms with Crippen LogP contribution in [0, 0.1) is 0 Å². The van der Waals surface area contributed by atoms with Gasteiger partial charge in [0.25, 0.3) is 0 Å². The molecule has 0 aliphatic rings. The summed E-state index contributed by atoms with van der Waals surface area (Å²) in [7, 11) is 3.61. The van der Waals surface area contributed by atoms with Crippen LogP contribution in [-0.2, 0) is 0 Å². The zero-order valence-electron chi connectivity index (χ0n) is 11.3. The van der Waals surface area contributed by atoms with E-state index >= 15 is 0 Å². The SMILES string of the molecule is COc1ccccc1N(C)c1cccc(Br)c1C(N)=S. The van der Waals surface area contributed by atoms with E-state index in [0.29, 0.717) is 4.99 Å². The Morgan fingerprint density at radius 3 is 2.45 bits per heavy atom. The number of nitrogens with two attached hydrogens (primary N) is 1. The molecule has 0 saturated carbocycles. The van der Waals surface area contributed by atoms with Crippen LogP contribution in [0.5, 0.6) is 5.75 Å². The summed E-state index contributed by atoms with van der Waals surface area (Å²) < 4.78 is 6.28. The summed E-state index contributed by atoms with van der Waals surface area (Å²) in [6.45, 7) is 0. The molecule has 104 valence electrons. The predicted molar refractivity (Wildman–Crippen MR) is 91.1 cm³/mol. The molecule has 0 amide bonds. The summed E-state index contributed by atoms with van der Waals surface area (Å²) in [6, 6.07) is 13.7. The zero-order valence-corrected chi connectivity index (χ0v) is 13.7. The summed E-state index contributed by atoms with van der Waals surface area (Å²) in [4.78, 5) is 2.37. The third-order valence-corrected chi connectivity index (χ3v) is 3.91. The van der Waals surface area contributed by atoms with Crippen molar-refractivity contribution in [3.05, 3.63) is 52.5 Å². The highest BCUT2D eigenvalue weighted by Crippen LogP contribution is 2.36. The van der Waals surface area contributed by atoms with Crippen molar-refractivity contribution in [3.8, 4) is 5.75 Å². The number of hydrogen-bond acceptors (Lipinski definition) is 3. The molecule has 0 spiro atoms. The van der Waals surface area contributed by atoms with Gasteiger partial charge in [-0.15, -0.1) is 0 Å². The predicted octanol–water partition coefficient (Wildman–Crippen LogP) is 3.86. The van der Waals surface area contributed by atoms with E-state index in [-0.39, 0.29) is 0 Å². The van der Waals surface area contributed by atoms with Crippen LogP contribution in [0.1, 0.15) is 5.56 Å². The molecule has 0 bridgehead atoms. The molecule has 0 atom stereocenters. The van der Waals surface area contributed by atoms with E-state index in [4.69, 9.17) is 22.7 Å². The lowest BCUT2D eigenvalue weighted by Gasteiger charge is -2.24. The molecule has 0 radical (unpaired) electrons. The molecule has 3 nitrogen and oxygen atoms in total. The molecule has 2 aromatic rings. The summed E-state index contributed by atoms with van der Waals surface area (Å²) in [5.41, 5.74) is 8.54. The second-order valence-corrected chi connectivity index (χ2v) is 5.52. The quantitative estimate of drug-likeness (QED) is 0.849. The summed E-state index contributed by atoms with van der Waals surface area (Å²) in [5.74, 6) is 0.795. The Kier molecular flexibility index (Phi) is 4.62. The molecule has 0 aromatic heterocycles. The van der Waals surface area contributed by atoms with Crippen LogP contribution in [0.2, 0.25) is 0 Å². The molecule has 0 aliphatic heterocycles. The second-order valence-electron chi connectivity index (χ2n) is 4.23. The Labute approximate surface area is 132 Å². The topological polar surface area (TPSA) is 38.5 Å². The van der Waals surface area contributed by atoms with E-state index in [2.05, 4.69) is 15.9 Å². The minimum atomic E-state index is 0.356. The second kappa shape index (κ2) is 6.24. The largest absolute Gasteiger partial charge is 0.495 e. The first-order valence-electron chi connectivity index (χ1n) is 6.01. The van der Waals surface area contributed by atoms with Crippen LogP contribution >= 0.6 is 28.1 Å². The van der Waals surface area contributed by atoms with Crippen molar-refractivity contribution in [2.45, 2.75) is 0 Å². The maximum Gasteiger partial charge on any atom is 0.142 e. The van der Waals surface area contributed by atoms with Gasteiger partial charge in [-0.1, -0.05) is 30.4 Å². The number of benzene rings is 2. The molecular formula is C15H15BrN2OS. The van der Waals surface area contributed by atoms with Crippen molar-refractivity contribution >= 4 is 44.5 Å². The number of thiocarbonyl (C=S) groups is 1. The average molecular weight is 351 g/mol. The normalized spacial score (nSPS) is 10.2. The van der Waals surface area contributed by atoms with E-state index in [0.717, 1.165) is 27.2 Å². The van der Waals surface area contributed by atoms with E-state index in [1.807, 2.05) is 54.4 Å². The van der Waals surface area contributed by atoms with E-state index in [1.54, 1.807) is 7.11 Å². The Bertz CT molecular complexity index is 646. The number of methoxy groups -OCH3 is 1. The van der Waals surface area contributed by atoms with Crippen LogP contribution in [0.15, 0.2) is 46.9 Å². The van der Waals surface area contributed by atoms with Gasteiger partial charge in [0.1, 0.15) is 10.7 Å². The molecule has 20 heavy (non-hydrogen) atoms. The summed E-state index contributed by atoms with van der Waals surface area (Å²) in [5, 5.41) is 0. The highest BCUT2D eigenvalue weighted by Gasteiger charge is 2.16. The first-order valence-corrected chi connectivity index (χ1v) is 7.21. The van der Waals surface area contributed by atoms with Crippen LogP contribution in [0.25, 0.3) is 0 Å². The van der Waals surface area contributed by atoms with Crippen molar-refractivity contribution in [2.75, 3.05) is 19.1 Å². The fraction of sp³-hybridized carbons (Fsp3) is 0.133. The van der Waals surface area contributed by atoms with Crippen LogP contribution in [0.4, 0.5) is 11.4 Å².